The zero-order valence-corrected chi connectivity index (χ0v) is 8.33. The van der Waals surface area contributed by atoms with E-state index >= 15 is 0 Å². The monoisotopic (exact) mass is 224 g/mol. The number of halogens is 3. The van der Waals surface area contributed by atoms with Gasteiger partial charge in [-0.15, -0.1) is 0 Å². The van der Waals surface area contributed by atoms with E-state index in [1.165, 1.54) is 0 Å². The van der Waals surface area contributed by atoms with Crippen LogP contribution in [0.3, 0.4) is 0 Å². The second kappa shape index (κ2) is 3.94. The van der Waals surface area contributed by atoms with Crippen LogP contribution in [0.5, 0.6) is 0 Å². The summed E-state index contributed by atoms with van der Waals surface area (Å²) in [6.07, 6.45) is -3.34. The van der Waals surface area contributed by atoms with E-state index in [2.05, 4.69) is 0 Å². The lowest BCUT2D eigenvalue weighted by atomic mass is 9.83. The minimum atomic E-state index is -4.17. The zero-order valence-electron chi connectivity index (χ0n) is 8.33. The van der Waals surface area contributed by atoms with Gasteiger partial charge in [0.05, 0.1) is 18.3 Å². The number of ether oxygens (including phenoxy) is 1. The van der Waals surface area contributed by atoms with E-state index < -0.39 is 18.7 Å². The zero-order chi connectivity index (χ0) is 11.1. The Bertz CT molecular complexity index is 229. The lowest BCUT2D eigenvalue weighted by Crippen LogP contribution is -2.30. The highest BCUT2D eigenvalue weighted by Crippen LogP contribution is 2.41. The first-order chi connectivity index (χ1) is 6.96. The smallest absolute Gasteiger partial charge is 0.389 e. The molecule has 1 N–H and O–H groups in total. The number of rotatable bonds is 3. The molecule has 4 unspecified atom stereocenters. The summed E-state index contributed by atoms with van der Waals surface area (Å²) in [5, 5.41) is 9.65. The van der Waals surface area contributed by atoms with Gasteiger partial charge in [0.1, 0.15) is 0 Å². The predicted octanol–water partition coefficient (Wildman–Crippen LogP) is 2.26. The number of hydrogen-bond acceptors (Lipinski definition) is 2. The van der Waals surface area contributed by atoms with Crippen molar-refractivity contribution < 1.29 is 23.0 Å². The summed E-state index contributed by atoms with van der Waals surface area (Å²) in [4.78, 5) is 0. The molecule has 0 aromatic carbocycles. The molecular weight excluding hydrogens is 209 g/mol. The highest BCUT2D eigenvalue weighted by molar-refractivity contribution is 4.92. The maximum atomic E-state index is 11.9. The topological polar surface area (TPSA) is 29.5 Å². The van der Waals surface area contributed by atoms with Crippen LogP contribution in [0.15, 0.2) is 0 Å². The van der Waals surface area contributed by atoms with Gasteiger partial charge in [0.2, 0.25) is 0 Å². The summed E-state index contributed by atoms with van der Waals surface area (Å²) < 4.78 is 41.3. The standard InChI is InChI=1S/C10H15F3O2/c11-10(12,13)4-3-8(14)7-5-6-1-2-9(7)15-6/h6-9,14H,1-5H2. The molecule has 2 nitrogen and oxygen atoms in total. The van der Waals surface area contributed by atoms with Gasteiger partial charge >= 0.3 is 6.18 Å². The number of alkyl halides is 3. The van der Waals surface area contributed by atoms with Crippen LogP contribution in [0.25, 0.3) is 0 Å². The molecule has 0 aromatic rings. The maximum absolute atomic E-state index is 11.9. The van der Waals surface area contributed by atoms with Crippen molar-refractivity contribution in [2.45, 2.75) is 56.6 Å². The van der Waals surface area contributed by atoms with Crippen LogP contribution >= 0.6 is 0 Å². The lowest BCUT2D eigenvalue weighted by Gasteiger charge is -2.24. The summed E-state index contributed by atoms with van der Waals surface area (Å²) in [6, 6.07) is 0. The summed E-state index contributed by atoms with van der Waals surface area (Å²) in [7, 11) is 0. The lowest BCUT2D eigenvalue weighted by molar-refractivity contribution is -0.142. The number of aliphatic hydroxyl groups is 1. The molecule has 2 bridgehead atoms. The van der Waals surface area contributed by atoms with Crippen LogP contribution in [0, 0.1) is 5.92 Å². The summed E-state index contributed by atoms with van der Waals surface area (Å²) in [6.45, 7) is 0. The minimum absolute atomic E-state index is 0.00164. The fraction of sp³-hybridized carbons (Fsp3) is 1.00. The normalized spacial score (nSPS) is 37.2. The van der Waals surface area contributed by atoms with E-state index in [9.17, 15) is 18.3 Å². The van der Waals surface area contributed by atoms with E-state index in [0.29, 0.717) is 0 Å². The third-order valence-electron chi connectivity index (χ3n) is 3.37. The molecule has 4 atom stereocenters. The maximum Gasteiger partial charge on any atom is 0.389 e. The van der Waals surface area contributed by atoms with Crippen LogP contribution in [0.4, 0.5) is 13.2 Å². The molecule has 88 valence electrons. The van der Waals surface area contributed by atoms with E-state index in [0.717, 1.165) is 19.3 Å². The predicted molar refractivity (Wildman–Crippen MR) is 47.3 cm³/mol. The molecule has 0 spiro atoms. The van der Waals surface area contributed by atoms with Gasteiger partial charge in [-0.25, -0.2) is 0 Å². The summed E-state index contributed by atoms with van der Waals surface area (Å²) in [5.74, 6) is -0.0777. The molecule has 15 heavy (non-hydrogen) atoms. The van der Waals surface area contributed by atoms with Gasteiger partial charge in [0, 0.05) is 12.3 Å². The Morgan fingerprint density at radius 3 is 2.53 bits per heavy atom. The fourth-order valence-electron chi connectivity index (χ4n) is 2.61. The van der Waals surface area contributed by atoms with Crippen molar-refractivity contribution in [1.29, 1.82) is 0 Å². The Labute approximate surface area is 86.4 Å². The molecule has 5 heteroatoms. The molecule has 2 saturated heterocycles. The quantitative estimate of drug-likeness (QED) is 0.796. The third kappa shape index (κ3) is 2.64. The highest BCUT2D eigenvalue weighted by Gasteiger charge is 2.44. The van der Waals surface area contributed by atoms with Crippen LogP contribution in [-0.4, -0.2) is 29.6 Å². The van der Waals surface area contributed by atoms with E-state index in [4.69, 9.17) is 4.74 Å². The SMILES string of the molecule is OC(CCC(F)(F)F)C1CC2CCC1O2. The molecule has 0 radical (unpaired) electrons. The second-order valence-electron chi connectivity index (χ2n) is 4.49. The Morgan fingerprint density at radius 2 is 2.07 bits per heavy atom. The van der Waals surface area contributed by atoms with Gasteiger partial charge in [-0.1, -0.05) is 0 Å². The van der Waals surface area contributed by atoms with Crippen molar-refractivity contribution in [3.8, 4) is 0 Å². The number of fused-ring (bicyclic) bond motifs is 2. The third-order valence-corrected chi connectivity index (χ3v) is 3.37. The molecule has 0 saturated carbocycles. The van der Waals surface area contributed by atoms with Gasteiger partial charge in [-0.2, -0.15) is 13.2 Å². The average Bonchev–Trinajstić information content (AvgIpc) is 2.73. The van der Waals surface area contributed by atoms with Crippen molar-refractivity contribution in [3.63, 3.8) is 0 Å². The van der Waals surface area contributed by atoms with E-state index in [1.54, 1.807) is 0 Å². The van der Waals surface area contributed by atoms with Crippen molar-refractivity contribution >= 4 is 0 Å². The van der Waals surface area contributed by atoms with Crippen molar-refractivity contribution in [2.75, 3.05) is 0 Å². The first-order valence-corrected chi connectivity index (χ1v) is 5.36. The minimum Gasteiger partial charge on any atom is -0.393 e. The number of hydrogen-bond donors (Lipinski definition) is 1. The Hall–Kier alpha value is -0.290. The van der Waals surface area contributed by atoms with Gasteiger partial charge in [-0.3, -0.25) is 0 Å². The van der Waals surface area contributed by atoms with Crippen LogP contribution in [-0.2, 0) is 4.74 Å². The number of aliphatic hydroxyl groups excluding tert-OH is 1. The Morgan fingerprint density at radius 1 is 1.33 bits per heavy atom. The van der Waals surface area contributed by atoms with Crippen molar-refractivity contribution in [2.24, 2.45) is 5.92 Å². The average molecular weight is 224 g/mol. The van der Waals surface area contributed by atoms with E-state index in [-0.39, 0.29) is 24.5 Å². The fourth-order valence-corrected chi connectivity index (χ4v) is 2.61. The highest BCUT2D eigenvalue weighted by atomic mass is 19.4. The van der Waals surface area contributed by atoms with Gasteiger partial charge in [0.15, 0.2) is 0 Å². The first kappa shape index (κ1) is 11.2. The molecule has 2 heterocycles. The molecule has 0 amide bonds. The van der Waals surface area contributed by atoms with Crippen LogP contribution < -0.4 is 0 Å². The largest absolute Gasteiger partial charge is 0.393 e. The van der Waals surface area contributed by atoms with E-state index in [1.807, 2.05) is 0 Å². The molecule has 2 rings (SSSR count). The summed E-state index contributed by atoms with van der Waals surface area (Å²) in [5.41, 5.74) is 0. The molecule has 2 aliphatic rings. The Kier molecular flexibility index (Phi) is 2.94. The van der Waals surface area contributed by atoms with Crippen LogP contribution in [0.2, 0.25) is 0 Å². The molecule has 2 aliphatic heterocycles. The first-order valence-electron chi connectivity index (χ1n) is 5.36. The van der Waals surface area contributed by atoms with Gasteiger partial charge in [0.25, 0.3) is 0 Å². The van der Waals surface area contributed by atoms with Gasteiger partial charge < -0.3 is 9.84 Å². The van der Waals surface area contributed by atoms with Gasteiger partial charge in [-0.05, 0) is 25.7 Å². The summed E-state index contributed by atoms with van der Waals surface area (Å²) >= 11 is 0. The Balaban J connectivity index is 1.79. The second-order valence-corrected chi connectivity index (χ2v) is 4.49. The molecule has 0 aliphatic carbocycles. The molecule has 0 aromatic heterocycles. The molecular formula is C10H15F3O2. The van der Waals surface area contributed by atoms with Crippen LogP contribution in [0.1, 0.15) is 32.1 Å². The van der Waals surface area contributed by atoms with Crippen molar-refractivity contribution in [3.05, 3.63) is 0 Å². The van der Waals surface area contributed by atoms with Crippen molar-refractivity contribution in [1.82, 2.24) is 0 Å². The molecule has 2 fully saturated rings.